The Bertz CT molecular complexity index is 605. The molecular weight excluding hydrogens is 276 g/mol. The van der Waals surface area contributed by atoms with Crippen molar-refractivity contribution in [3.63, 3.8) is 0 Å². The van der Waals surface area contributed by atoms with Crippen LogP contribution < -0.4 is 0 Å². The molecule has 0 radical (unpaired) electrons. The van der Waals surface area contributed by atoms with Crippen LogP contribution in [0.25, 0.3) is 10.8 Å². The van der Waals surface area contributed by atoms with Gasteiger partial charge in [-0.3, -0.25) is 0 Å². The molecule has 0 spiro atoms. The van der Waals surface area contributed by atoms with Gasteiger partial charge in [0.1, 0.15) is 0 Å². The lowest BCUT2D eigenvalue weighted by molar-refractivity contribution is 1.09. The van der Waals surface area contributed by atoms with Gasteiger partial charge in [-0.2, -0.15) is 0 Å². The molecule has 2 aromatic rings. The Morgan fingerprint density at radius 3 is 1.91 bits per heavy atom. The minimum absolute atomic E-state index is 1.16. The summed E-state index contributed by atoms with van der Waals surface area (Å²) < 4.78 is 0. The molecule has 0 heterocycles. The van der Waals surface area contributed by atoms with Crippen LogP contribution >= 0.6 is 0 Å². The predicted molar refractivity (Wildman–Crippen MR) is 108 cm³/mol. The van der Waals surface area contributed by atoms with Crippen LogP contribution in [0.1, 0.15) is 59.9 Å². The molecule has 0 unspecified atom stereocenters. The molecule has 23 heavy (non-hydrogen) atoms. The predicted octanol–water partition coefficient (Wildman–Crippen LogP) is 7.87. The molecule has 0 aliphatic rings. The molecule has 0 aromatic heterocycles. The number of benzene rings is 2. The Labute approximate surface area is 143 Å². The van der Waals surface area contributed by atoms with Crippen LogP contribution in [0.2, 0.25) is 0 Å². The number of fused-ring (bicyclic) bond motifs is 1. The molecule has 0 nitrogen and oxygen atoms in total. The number of rotatable bonds is 2. The minimum Gasteiger partial charge on any atom is -0.0764 e. The van der Waals surface area contributed by atoms with Gasteiger partial charge in [-0.25, -0.2) is 0 Å². The minimum atomic E-state index is 1.16. The van der Waals surface area contributed by atoms with Gasteiger partial charge < -0.3 is 0 Å². The van der Waals surface area contributed by atoms with Gasteiger partial charge >= 0.3 is 0 Å². The summed E-state index contributed by atoms with van der Waals surface area (Å²) in [5, 5.41) is 2.68. The van der Waals surface area contributed by atoms with E-state index in [0.29, 0.717) is 0 Å². The van der Waals surface area contributed by atoms with Crippen molar-refractivity contribution in [2.45, 2.75) is 61.3 Å². The van der Waals surface area contributed by atoms with Gasteiger partial charge in [0, 0.05) is 0 Å². The fraction of sp³-hybridized carbons (Fsp3) is 0.391. The second-order valence-corrected chi connectivity index (χ2v) is 6.11. The van der Waals surface area contributed by atoms with E-state index in [9.17, 15) is 0 Å². The van der Waals surface area contributed by atoms with E-state index in [1.807, 2.05) is 0 Å². The van der Waals surface area contributed by atoms with E-state index in [4.69, 9.17) is 0 Å². The molecule has 0 atom stereocenters. The summed E-state index contributed by atoms with van der Waals surface area (Å²) in [4.78, 5) is 0. The van der Waals surface area contributed by atoms with Crippen molar-refractivity contribution in [2.75, 3.05) is 0 Å². The molecule has 0 bridgehead atoms. The topological polar surface area (TPSA) is 0 Å². The lowest BCUT2D eigenvalue weighted by Crippen LogP contribution is -1.75. The van der Waals surface area contributed by atoms with Gasteiger partial charge in [0.05, 0.1) is 0 Å². The Kier molecular flexibility index (Phi) is 11.7. The fourth-order valence-corrected chi connectivity index (χ4v) is 1.81. The highest BCUT2D eigenvalue weighted by Crippen LogP contribution is 2.16. The maximum absolute atomic E-state index is 2.18. The zero-order chi connectivity index (χ0) is 17.7. The number of allylic oxidation sites excluding steroid dienone is 4. The van der Waals surface area contributed by atoms with Gasteiger partial charge in [0.15, 0.2) is 0 Å². The molecule has 0 amide bonds. The van der Waals surface area contributed by atoms with E-state index < -0.39 is 0 Å². The molecule has 0 fully saturated rings. The van der Waals surface area contributed by atoms with Crippen LogP contribution in [0.5, 0.6) is 0 Å². The SMILES string of the molecule is CC/C(C)=C\C=C(C)C.CCC.Cc1cccc2ccccc12. The second kappa shape index (κ2) is 12.7. The second-order valence-electron chi connectivity index (χ2n) is 6.11. The molecule has 2 rings (SSSR count). The van der Waals surface area contributed by atoms with Crippen molar-refractivity contribution < 1.29 is 0 Å². The highest BCUT2D eigenvalue weighted by Gasteiger charge is 1.92. The molecular formula is C23H34. The van der Waals surface area contributed by atoms with Gasteiger partial charge in [-0.15, -0.1) is 0 Å². The first-order chi connectivity index (χ1) is 11.0. The highest BCUT2D eigenvalue weighted by molar-refractivity contribution is 5.85. The number of aryl methyl sites for hydroxylation is 1. The van der Waals surface area contributed by atoms with E-state index in [1.165, 1.54) is 33.9 Å². The Hall–Kier alpha value is -1.82. The maximum atomic E-state index is 2.18. The summed E-state index contributed by atoms with van der Waals surface area (Å²) in [7, 11) is 0. The summed E-state index contributed by atoms with van der Waals surface area (Å²) >= 11 is 0. The summed E-state index contributed by atoms with van der Waals surface area (Å²) in [5.41, 5.74) is 4.15. The van der Waals surface area contributed by atoms with E-state index in [1.54, 1.807) is 0 Å². The molecule has 0 heteroatoms. The molecule has 0 saturated heterocycles. The molecule has 126 valence electrons. The summed E-state index contributed by atoms with van der Waals surface area (Å²) in [6.07, 6.45) is 6.73. The van der Waals surface area contributed by atoms with Crippen LogP contribution in [0.15, 0.2) is 65.8 Å². The van der Waals surface area contributed by atoms with Crippen molar-refractivity contribution in [3.05, 3.63) is 71.3 Å². The smallest absolute Gasteiger partial charge is 0.0155 e. The molecule has 0 aliphatic carbocycles. The van der Waals surface area contributed by atoms with E-state index >= 15 is 0 Å². The van der Waals surface area contributed by atoms with Crippen LogP contribution in [0.3, 0.4) is 0 Å². The van der Waals surface area contributed by atoms with Crippen molar-refractivity contribution >= 4 is 10.8 Å². The first-order valence-electron chi connectivity index (χ1n) is 8.71. The zero-order valence-corrected chi connectivity index (χ0v) is 16.1. The fourth-order valence-electron chi connectivity index (χ4n) is 1.81. The van der Waals surface area contributed by atoms with Crippen molar-refractivity contribution in [1.29, 1.82) is 0 Å². The van der Waals surface area contributed by atoms with Gasteiger partial charge in [-0.1, -0.05) is 93.0 Å². The van der Waals surface area contributed by atoms with Crippen molar-refractivity contribution in [1.82, 2.24) is 0 Å². The van der Waals surface area contributed by atoms with E-state index in [2.05, 4.69) is 103 Å². The summed E-state index contributed by atoms with van der Waals surface area (Å²) in [6, 6.07) is 14.8. The molecule has 0 aliphatic heterocycles. The van der Waals surface area contributed by atoms with E-state index in [0.717, 1.165) is 6.42 Å². The average molecular weight is 311 g/mol. The van der Waals surface area contributed by atoms with Gasteiger partial charge in [0.2, 0.25) is 0 Å². The number of hydrogen-bond donors (Lipinski definition) is 0. The summed E-state index contributed by atoms with van der Waals surface area (Å²) in [6.45, 7) is 14.9. The normalized spacial score (nSPS) is 10.1. The monoisotopic (exact) mass is 310 g/mol. The first kappa shape index (κ1) is 21.2. The standard InChI is InChI=1S/C11H10.C9H16.C3H8/c1-9-5-4-7-10-6-2-3-8-11(9)10;1-5-9(4)7-6-8(2)3;1-3-2/h2-8H,1H3;6-7H,5H2,1-4H3;3H2,1-2H3/b;9-7-;. The Morgan fingerprint density at radius 1 is 0.826 bits per heavy atom. The molecule has 2 aromatic carbocycles. The van der Waals surface area contributed by atoms with Crippen LogP contribution in [0, 0.1) is 6.92 Å². The largest absolute Gasteiger partial charge is 0.0764 e. The van der Waals surface area contributed by atoms with Crippen LogP contribution in [-0.2, 0) is 0 Å². The third-order valence-corrected chi connectivity index (χ3v) is 3.27. The highest BCUT2D eigenvalue weighted by atomic mass is 14.0. The maximum Gasteiger partial charge on any atom is -0.0155 e. The van der Waals surface area contributed by atoms with Gasteiger partial charge in [-0.05, 0) is 50.5 Å². The van der Waals surface area contributed by atoms with Crippen molar-refractivity contribution in [3.8, 4) is 0 Å². The van der Waals surface area contributed by atoms with Crippen LogP contribution in [0.4, 0.5) is 0 Å². The third-order valence-electron chi connectivity index (χ3n) is 3.27. The first-order valence-corrected chi connectivity index (χ1v) is 8.71. The average Bonchev–Trinajstić information content (AvgIpc) is 2.54. The van der Waals surface area contributed by atoms with Gasteiger partial charge in [0.25, 0.3) is 0 Å². The van der Waals surface area contributed by atoms with Crippen molar-refractivity contribution in [2.24, 2.45) is 0 Å². The molecule has 0 N–H and O–H groups in total. The van der Waals surface area contributed by atoms with E-state index in [-0.39, 0.29) is 0 Å². The Morgan fingerprint density at radius 2 is 1.39 bits per heavy atom. The third kappa shape index (κ3) is 9.73. The zero-order valence-electron chi connectivity index (χ0n) is 16.1. The molecule has 0 saturated carbocycles. The summed E-state index contributed by atoms with van der Waals surface area (Å²) in [5.74, 6) is 0. The van der Waals surface area contributed by atoms with Crippen LogP contribution in [-0.4, -0.2) is 0 Å². The Balaban J connectivity index is 0.000000368. The number of hydrogen-bond acceptors (Lipinski definition) is 0. The lowest BCUT2D eigenvalue weighted by atomic mass is 10.1. The lowest BCUT2D eigenvalue weighted by Gasteiger charge is -1.98. The quantitative estimate of drug-likeness (QED) is 0.495.